The molecule has 5 heteroatoms. The van der Waals surface area contributed by atoms with Crippen molar-refractivity contribution in [3.05, 3.63) is 60.8 Å². The second kappa shape index (κ2) is 6.44. The van der Waals surface area contributed by atoms with Gasteiger partial charge in [-0.3, -0.25) is 4.98 Å². The van der Waals surface area contributed by atoms with E-state index in [-0.39, 0.29) is 5.75 Å². The first-order valence-electron chi connectivity index (χ1n) is 8.10. The highest BCUT2D eigenvalue weighted by Gasteiger charge is 2.14. The number of phenols is 1. The van der Waals surface area contributed by atoms with E-state index in [0.29, 0.717) is 28.5 Å². The van der Waals surface area contributed by atoms with Gasteiger partial charge in [-0.05, 0) is 23.6 Å². The second-order valence-corrected chi connectivity index (χ2v) is 5.77. The number of pyridine rings is 1. The van der Waals surface area contributed by atoms with Crippen molar-refractivity contribution in [1.29, 1.82) is 0 Å². The Morgan fingerprint density at radius 1 is 0.808 bits per heavy atom. The lowest BCUT2D eigenvalue weighted by Gasteiger charge is -2.14. The van der Waals surface area contributed by atoms with Gasteiger partial charge in [0.15, 0.2) is 23.0 Å². The van der Waals surface area contributed by atoms with Gasteiger partial charge in [-0.25, -0.2) is 0 Å². The molecule has 130 valence electrons. The molecule has 1 aromatic heterocycles. The molecule has 0 fully saturated rings. The van der Waals surface area contributed by atoms with Crippen LogP contribution in [0.1, 0.15) is 0 Å². The summed E-state index contributed by atoms with van der Waals surface area (Å²) < 4.78 is 16.8. The first kappa shape index (κ1) is 16.0. The lowest BCUT2D eigenvalue weighted by Crippen LogP contribution is -1.94. The van der Waals surface area contributed by atoms with E-state index in [2.05, 4.69) is 4.98 Å². The van der Waals surface area contributed by atoms with Gasteiger partial charge in [0.1, 0.15) is 5.75 Å². The first-order valence-corrected chi connectivity index (χ1v) is 8.10. The third-order valence-corrected chi connectivity index (χ3v) is 4.28. The average molecular weight is 347 g/mol. The molecule has 1 heterocycles. The molecule has 0 aliphatic heterocycles. The number of benzene rings is 3. The molecule has 0 saturated carbocycles. The summed E-state index contributed by atoms with van der Waals surface area (Å²) in [5, 5.41) is 12.9. The summed E-state index contributed by atoms with van der Waals surface area (Å²) in [5.41, 5.74) is 0.708. The summed E-state index contributed by atoms with van der Waals surface area (Å²) in [5.74, 6) is 2.24. The maximum absolute atomic E-state index is 10.3. The van der Waals surface area contributed by atoms with E-state index in [0.717, 1.165) is 16.2 Å². The van der Waals surface area contributed by atoms with Gasteiger partial charge in [0.05, 0.1) is 19.7 Å². The number of aromatic hydroxyl groups is 1. The van der Waals surface area contributed by atoms with Crippen molar-refractivity contribution in [2.24, 2.45) is 0 Å². The molecule has 26 heavy (non-hydrogen) atoms. The van der Waals surface area contributed by atoms with Crippen molar-refractivity contribution in [2.75, 3.05) is 14.2 Å². The Kier molecular flexibility index (Phi) is 3.97. The molecule has 0 radical (unpaired) electrons. The standard InChI is InChI=1S/C21H17NO4/c1-24-19-11-15-16(12-20(19)25-2)22-10-9-18(15)26-21-14-6-4-3-5-13(14)7-8-17(21)23/h3-12,23H,1-2H3. The average Bonchev–Trinajstić information content (AvgIpc) is 2.69. The van der Waals surface area contributed by atoms with Gasteiger partial charge in [0.2, 0.25) is 0 Å². The van der Waals surface area contributed by atoms with Crippen molar-refractivity contribution in [1.82, 2.24) is 4.98 Å². The highest BCUT2D eigenvalue weighted by atomic mass is 16.5. The predicted octanol–water partition coefficient (Wildman–Crippen LogP) is 4.90. The molecule has 5 nitrogen and oxygen atoms in total. The lowest BCUT2D eigenvalue weighted by molar-refractivity contribution is 0.355. The maximum Gasteiger partial charge on any atom is 0.176 e. The molecule has 0 amide bonds. The zero-order chi connectivity index (χ0) is 18.1. The summed E-state index contributed by atoms with van der Waals surface area (Å²) >= 11 is 0. The topological polar surface area (TPSA) is 60.8 Å². The lowest BCUT2D eigenvalue weighted by atomic mass is 10.1. The molecule has 4 rings (SSSR count). The highest BCUT2D eigenvalue weighted by molar-refractivity contribution is 5.93. The normalized spacial score (nSPS) is 10.8. The van der Waals surface area contributed by atoms with E-state index in [1.165, 1.54) is 0 Å². The Balaban J connectivity index is 1.90. The molecule has 0 aliphatic carbocycles. The quantitative estimate of drug-likeness (QED) is 0.569. The molecule has 0 unspecified atom stereocenters. The number of hydrogen-bond donors (Lipinski definition) is 1. The van der Waals surface area contributed by atoms with Crippen molar-refractivity contribution >= 4 is 21.7 Å². The fraction of sp³-hybridized carbons (Fsp3) is 0.0952. The summed E-state index contributed by atoms with van der Waals surface area (Å²) in [7, 11) is 3.16. The van der Waals surface area contributed by atoms with Crippen LogP contribution < -0.4 is 14.2 Å². The number of fused-ring (bicyclic) bond motifs is 2. The van der Waals surface area contributed by atoms with Crippen LogP contribution in [0.3, 0.4) is 0 Å². The van der Waals surface area contributed by atoms with Crippen LogP contribution in [0, 0.1) is 0 Å². The monoisotopic (exact) mass is 347 g/mol. The largest absolute Gasteiger partial charge is 0.504 e. The van der Waals surface area contributed by atoms with Crippen LogP contribution >= 0.6 is 0 Å². The first-order chi connectivity index (χ1) is 12.7. The van der Waals surface area contributed by atoms with Crippen molar-refractivity contribution in [3.63, 3.8) is 0 Å². The Hall–Kier alpha value is -3.47. The van der Waals surface area contributed by atoms with Gasteiger partial charge in [-0.1, -0.05) is 30.3 Å². The van der Waals surface area contributed by atoms with Crippen LogP contribution in [0.5, 0.6) is 28.7 Å². The third-order valence-electron chi connectivity index (χ3n) is 4.28. The van der Waals surface area contributed by atoms with E-state index in [1.54, 1.807) is 38.6 Å². The van der Waals surface area contributed by atoms with Crippen LogP contribution in [0.4, 0.5) is 0 Å². The fourth-order valence-electron chi connectivity index (χ4n) is 2.99. The van der Waals surface area contributed by atoms with Crippen LogP contribution in [0.15, 0.2) is 60.8 Å². The summed E-state index contributed by atoms with van der Waals surface area (Å²) in [6, 6.07) is 16.6. The number of methoxy groups -OCH3 is 2. The molecule has 0 aliphatic rings. The molecule has 0 atom stereocenters. The Labute approximate surface area is 150 Å². The van der Waals surface area contributed by atoms with Crippen LogP contribution in [0.2, 0.25) is 0 Å². The Morgan fingerprint density at radius 2 is 1.58 bits per heavy atom. The third kappa shape index (κ3) is 2.63. The smallest absolute Gasteiger partial charge is 0.176 e. The van der Waals surface area contributed by atoms with Crippen LogP contribution in [-0.2, 0) is 0 Å². The van der Waals surface area contributed by atoms with Crippen molar-refractivity contribution in [2.45, 2.75) is 0 Å². The maximum atomic E-state index is 10.3. The highest BCUT2D eigenvalue weighted by Crippen LogP contribution is 2.41. The zero-order valence-electron chi connectivity index (χ0n) is 14.4. The number of ether oxygens (including phenoxy) is 3. The van der Waals surface area contributed by atoms with Gasteiger partial charge in [0.25, 0.3) is 0 Å². The molecule has 3 aromatic carbocycles. The van der Waals surface area contributed by atoms with Crippen molar-refractivity contribution < 1.29 is 19.3 Å². The molecular weight excluding hydrogens is 330 g/mol. The molecule has 0 saturated heterocycles. The summed E-state index contributed by atoms with van der Waals surface area (Å²) in [6.07, 6.45) is 1.66. The van der Waals surface area contributed by atoms with Crippen LogP contribution in [-0.4, -0.2) is 24.3 Å². The second-order valence-electron chi connectivity index (χ2n) is 5.77. The number of aromatic nitrogens is 1. The van der Waals surface area contributed by atoms with E-state index in [9.17, 15) is 5.11 Å². The van der Waals surface area contributed by atoms with Gasteiger partial charge in [-0.2, -0.15) is 0 Å². The minimum absolute atomic E-state index is 0.0779. The SMILES string of the molecule is COc1cc2nccc(Oc3c(O)ccc4ccccc34)c2cc1OC. The molecular formula is C21H17NO4. The number of nitrogens with zero attached hydrogens (tertiary/aromatic N) is 1. The van der Waals surface area contributed by atoms with Gasteiger partial charge >= 0.3 is 0 Å². The summed E-state index contributed by atoms with van der Waals surface area (Å²) in [4.78, 5) is 4.37. The minimum Gasteiger partial charge on any atom is -0.504 e. The van der Waals surface area contributed by atoms with Gasteiger partial charge in [-0.15, -0.1) is 0 Å². The van der Waals surface area contributed by atoms with E-state index in [1.807, 2.05) is 36.4 Å². The number of hydrogen-bond acceptors (Lipinski definition) is 5. The molecule has 0 spiro atoms. The van der Waals surface area contributed by atoms with E-state index >= 15 is 0 Å². The fourth-order valence-corrected chi connectivity index (χ4v) is 2.99. The predicted molar refractivity (Wildman–Crippen MR) is 101 cm³/mol. The minimum atomic E-state index is 0.0779. The van der Waals surface area contributed by atoms with Crippen molar-refractivity contribution in [3.8, 4) is 28.7 Å². The Bertz CT molecular complexity index is 1110. The van der Waals surface area contributed by atoms with Gasteiger partial charge in [0, 0.05) is 23.0 Å². The van der Waals surface area contributed by atoms with E-state index in [4.69, 9.17) is 14.2 Å². The number of phenolic OH excluding ortho intramolecular Hbond substituents is 1. The Morgan fingerprint density at radius 3 is 2.38 bits per heavy atom. The van der Waals surface area contributed by atoms with E-state index < -0.39 is 0 Å². The van der Waals surface area contributed by atoms with Crippen LogP contribution in [0.25, 0.3) is 21.7 Å². The molecule has 0 bridgehead atoms. The zero-order valence-corrected chi connectivity index (χ0v) is 14.4. The molecule has 1 N–H and O–H groups in total. The molecule has 4 aromatic rings. The summed E-state index contributed by atoms with van der Waals surface area (Å²) in [6.45, 7) is 0. The number of rotatable bonds is 4. The van der Waals surface area contributed by atoms with Gasteiger partial charge < -0.3 is 19.3 Å².